The lowest BCUT2D eigenvalue weighted by molar-refractivity contribution is -0.147. The average Bonchev–Trinajstić information content (AvgIpc) is 2.88. The van der Waals surface area contributed by atoms with Gasteiger partial charge in [-0.15, -0.1) is 0 Å². The summed E-state index contributed by atoms with van der Waals surface area (Å²) in [6.07, 6.45) is -0.419. The number of amides is 2. The first kappa shape index (κ1) is 15.0. The van der Waals surface area contributed by atoms with Crippen molar-refractivity contribution in [2.24, 2.45) is 0 Å². The van der Waals surface area contributed by atoms with E-state index in [0.717, 1.165) is 12.7 Å². The van der Waals surface area contributed by atoms with E-state index in [-0.39, 0.29) is 0 Å². The molecule has 1 rings (SSSR count). The summed E-state index contributed by atoms with van der Waals surface area (Å²) in [5.41, 5.74) is 0.917. The molecule has 1 aromatic rings. The molecule has 1 heterocycles. The van der Waals surface area contributed by atoms with Crippen LogP contribution in [0, 0.1) is 0 Å². The Hall–Kier alpha value is -2.09. The lowest BCUT2D eigenvalue weighted by Gasteiger charge is -2.13. The third-order valence-corrected chi connectivity index (χ3v) is 2.97. The van der Waals surface area contributed by atoms with Crippen LogP contribution in [0.4, 0.5) is 4.79 Å². The highest BCUT2D eigenvalue weighted by molar-refractivity contribution is 7.07. The Morgan fingerprint density at radius 3 is 2.74 bits per heavy atom. The molecule has 0 saturated heterocycles. The maximum Gasteiger partial charge on any atom is 0.326 e. The molecule has 0 saturated carbocycles. The molecule has 7 nitrogen and oxygen atoms in total. The zero-order chi connectivity index (χ0) is 14.3. The molecule has 1 atom stereocenters. The van der Waals surface area contributed by atoms with Crippen LogP contribution in [0.15, 0.2) is 16.8 Å². The molecular weight excluding hydrogens is 272 g/mol. The number of ether oxygens (including phenoxy) is 1. The normalized spacial score (nSPS) is 11.4. The molecule has 0 spiro atoms. The summed E-state index contributed by atoms with van der Waals surface area (Å²) in [5.74, 6) is -2.00. The van der Waals surface area contributed by atoms with Crippen molar-refractivity contribution < 1.29 is 24.2 Å². The molecule has 2 amide bonds. The molecule has 0 aliphatic carbocycles. The minimum atomic E-state index is -1.31. The molecule has 3 N–H and O–H groups in total. The van der Waals surface area contributed by atoms with Crippen LogP contribution < -0.4 is 10.6 Å². The average molecular weight is 286 g/mol. The molecular formula is C11H14N2O5S. The number of thiophene rings is 1. The highest BCUT2D eigenvalue weighted by Crippen LogP contribution is 2.04. The second-order valence-corrected chi connectivity index (χ2v) is 4.41. The van der Waals surface area contributed by atoms with Crippen molar-refractivity contribution in [1.82, 2.24) is 10.6 Å². The van der Waals surface area contributed by atoms with E-state index >= 15 is 0 Å². The molecule has 0 fully saturated rings. The number of carboxylic acid groups (broad SMARTS) is 1. The highest BCUT2D eigenvalue weighted by atomic mass is 32.1. The molecule has 8 heteroatoms. The number of hydrogen-bond donors (Lipinski definition) is 3. The number of hydrogen-bond acceptors (Lipinski definition) is 5. The molecule has 0 bridgehead atoms. The van der Waals surface area contributed by atoms with Gasteiger partial charge in [-0.2, -0.15) is 11.3 Å². The Morgan fingerprint density at radius 2 is 2.21 bits per heavy atom. The second kappa shape index (κ2) is 7.37. The molecule has 0 aromatic carbocycles. The third kappa shape index (κ3) is 5.38. The van der Waals surface area contributed by atoms with Crippen LogP contribution in [-0.4, -0.2) is 36.2 Å². The van der Waals surface area contributed by atoms with Crippen LogP contribution in [-0.2, 0) is 20.9 Å². The monoisotopic (exact) mass is 286 g/mol. The number of urea groups is 1. The van der Waals surface area contributed by atoms with Crippen molar-refractivity contribution in [2.45, 2.75) is 19.0 Å². The van der Waals surface area contributed by atoms with Gasteiger partial charge in [0.15, 0.2) is 0 Å². The van der Waals surface area contributed by atoms with E-state index in [4.69, 9.17) is 5.11 Å². The first-order valence-corrected chi connectivity index (χ1v) is 6.32. The van der Waals surface area contributed by atoms with Crippen LogP contribution >= 0.6 is 11.3 Å². The maximum atomic E-state index is 11.5. The van der Waals surface area contributed by atoms with E-state index in [0.29, 0.717) is 6.54 Å². The molecule has 1 aromatic heterocycles. The summed E-state index contributed by atoms with van der Waals surface area (Å²) in [7, 11) is 1.15. The number of aliphatic carboxylic acids is 1. The van der Waals surface area contributed by atoms with E-state index in [9.17, 15) is 14.4 Å². The zero-order valence-corrected chi connectivity index (χ0v) is 11.0. The van der Waals surface area contributed by atoms with Crippen LogP contribution in [0.1, 0.15) is 12.0 Å². The smallest absolute Gasteiger partial charge is 0.326 e. The van der Waals surface area contributed by atoms with E-state index in [1.807, 2.05) is 16.8 Å². The number of carboxylic acids is 1. The van der Waals surface area contributed by atoms with Crippen LogP contribution in [0.3, 0.4) is 0 Å². The Morgan fingerprint density at radius 1 is 1.47 bits per heavy atom. The number of methoxy groups -OCH3 is 1. The van der Waals surface area contributed by atoms with E-state index in [1.54, 1.807) is 0 Å². The standard InChI is InChI=1S/C11H14N2O5S/c1-18-9(14)4-8(10(15)16)13-11(17)12-5-7-2-3-19-6-7/h2-3,6,8H,4-5H2,1H3,(H,15,16)(H2,12,13,17)/t8-/m0/s1. The van der Waals surface area contributed by atoms with E-state index < -0.39 is 30.4 Å². The maximum absolute atomic E-state index is 11.5. The minimum absolute atomic E-state index is 0.292. The molecule has 0 aliphatic rings. The Balaban J connectivity index is 2.42. The first-order chi connectivity index (χ1) is 9.02. The van der Waals surface area contributed by atoms with Gasteiger partial charge in [0.2, 0.25) is 0 Å². The molecule has 0 aliphatic heterocycles. The summed E-state index contributed by atoms with van der Waals surface area (Å²) < 4.78 is 4.36. The van der Waals surface area contributed by atoms with Gasteiger partial charge >= 0.3 is 18.0 Å². The quantitative estimate of drug-likeness (QED) is 0.663. The lowest BCUT2D eigenvalue weighted by Crippen LogP contribution is -2.46. The van der Waals surface area contributed by atoms with Gasteiger partial charge in [0.05, 0.1) is 13.5 Å². The van der Waals surface area contributed by atoms with Crippen molar-refractivity contribution in [1.29, 1.82) is 0 Å². The Kier molecular flexibility index (Phi) is 5.80. The SMILES string of the molecule is COC(=O)C[C@H](NC(=O)NCc1ccsc1)C(=O)O. The fraction of sp³-hybridized carbons (Fsp3) is 0.364. The van der Waals surface area contributed by atoms with Gasteiger partial charge in [-0.3, -0.25) is 4.79 Å². The summed E-state index contributed by atoms with van der Waals surface area (Å²) in [5, 5.41) is 17.3. The van der Waals surface area contributed by atoms with E-state index in [2.05, 4.69) is 15.4 Å². The predicted octanol–water partition coefficient (Wildman–Crippen LogP) is 0.564. The fourth-order valence-corrected chi connectivity index (χ4v) is 1.90. The minimum Gasteiger partial charge on any atom is -0.480 e. The molecule has 104 valence electrons. The van der Waals surface area contributed by atoms with Gasteiger partial charge in [-0.1, -0.05) is 0 Å². The summed E-state index contributed by atoms with van der Waals surface area (Å²) in [6.45, 7) is 0.292. The van der Waals surface area contributed by atoms with Crippen LogP contribution in [0.5, 0.6) is 0 Å². The van der Waals surface area contributed by atoms with E-state index in [1.165, 1.54) is 11.3 Å². The van der Waals surface area contributed by atoms with Crippen LogP contribution in [0.2, 0.25) is 0 Å². The highest BCUT2D eigenvalue weighted by Gasteiger charge is 2.23. The van der Waals surface area contributed by atoms with Crippen molar-refractivity contribution in [3.63, 3.8) is 0 Å². The van der Waals surface area contributed by atoms with Gasteiger partial charge in [0.25, 0.3) is 0 Å². The number of esters is 1. The molecule has 19 heavy (non-hydrogen) atoms. The summed E-state index contributed by atoms with van der Waals surface area (Å²) in [6, 6.07) is -0.119. The Labute approximate surface area is 113 Å². The number of carbonyl (C=O) groups is 3. The first-order valence-electron chi connectivity index (χ1n) is 5.38. The van der Waals surface area contributed by atoms with Crippen molar-refractivity contribution in [3.8, 4) is 0 Å². The summed E-state index contributed by atoms with van der Waals surface area (Å²) in [4.78, 5) is 33.4. The predicted molar refractivity (Wildman–Crippen MR) is 67.7 cm³/mol. The van der Waals surface area contributed by atoms with Crippen molar-refractivity contribution in [3.05, 3.63) is 22.4 Å². The zero-order valence-electron chi connectivity index (χ0n) is 10.2. The molecule has 0 unspecified atom stereocenters. The largest absolute Gasteiger partial charge is 0.480 e. The number of carbonyl (C=O) groups excluding carboxylic acids is 2. The summed E-state index contributed by atoms with van der Waals surface area (Å²) >= 11 is 1.49. The van der Waals surface area contributed by atoms with Gasteiger partial charge in [-0.05, 0) is 22.4 Å². The van der Waals surface area contributed by atoms with Gasteiger partial charge in [-0.25, -0.2) is 9.59 Å². The number of nitrogens with one attached hydrogen (secondary N) is 2. The van der Waals surface area contributed by atoms with Crippen molar-refractivity contribution >= 4 is 29.3 Å². The second-order valence-electron chi connectivity index (χ2n) is 3.63. The third-order valence-electron chi connectivity index (χ3n) is 2.24. The lowest BCUT2D eigenvalue weighted by atomic mass is 10.2. The van der Waals surface area contributed by atoms with Gasteiger partial charge < -0.3 is 20.5 Å². The van der Waals surface area contributed by atoms with Crippen LogP contribution in [0.25, 0.3) is 0 Å². The Bertz CT molecular complexity index is 446. The molecule has 0 radical (unpaired) electrons. The van der Waals surface area contributed by atoms with Gasteiger partial charge in [0.1, 0.15) is 6.04 Å². The van der Waals surface area contributed by atoms with Crippen molar-refractivity contribution in [2.75, 3.05) is 7.11 Å². The topological polar surface area (TPSA) is 105 Å². The number of rotatable bonds is 6. The fourth-order valence-electron chi connectivity index (χ4n) is 1.23. The van der Waals surface area contributed by atoms with Gasteiger partial charge in [0, 0.05) is 6.54 Å².